The van der Waals surface area contributed by atoms with Gasteiger partial charge in [0.05, 0.1) is 0 Å². The van der Waals surface area contributed by atoms with Gasteiger partial charge in [-0.1, -0.05) is 13.8 Å². The Labute approximate surface area is 109 Å². The third-order valence-electron chi connectivity index (χ3n) is 3.03. The van der Waals surface area contributed by atoms with Gasteiger partial charge in [0.2, 0.25) is 0 Å². The van der Waals surface area contributed by atoms with Crippen molar-refractivity contribution in [2.45, 2.75) is 39.7 Å². The van der Waals surface area contributed by atoms with Crippen molar-refractivity contribution in [2.75, 3.05) is 20.3 Å². The number of aryl methyl sites for hydroxylation is 1. The van der Waals surface area contributed by atoms with E-state index in [0.717, 1.165) is 19.6 Å². The van der Waals surface area contributed by atoms with Crippen molar-refractivity contribution in [2.24, 2.45) is 5.92 Å². The molecule has 98 valence electrons. The van der Waals surface area contributed by atoms with Crippen LogP contribution in [-0.2, 0) is 4.74 Å². The lowest BCUT2D eigenvalue weighted by molar-refractivity contribution is 0.170. The predicted octanol–water partition coefficient (Wildman–Crippen LogP) is 3.77. The monoisotopic (exact) mass is 255 g/mol. The van der Waals surface area contributed by atoms with E-state index in [2.05, 4.69) is 38.2 Å². The summed E-state index contributed by atoms with van der Waals surface area (Å²) >= 11 is 1.90. The van der Waals surface area contributed by atoms with Crippen molar-refractivity contribution in [1.82, 2.24) is 5.32 Å². The fourth-order valence-electron chi connectivity index (χ4n) is 1.97. The summed E-state index contributed by atoms with van der Waals surface area (Å²) in [6.07, 6.45) is 2.28. The van der Waals surface area contributed by atoms with E-state index in [-0.39, 0.29) is 0 Å². The molecule has 0 radical (unpaired) electrons. The van der Waals surface area contributed by atoms with Gasteiger partial charge in [0.1, 0.15) is 0 Å². The van der Waals surface area contributed by atoms with Crippen LogP contribution in [0.4, 0.5) is 0 Å². The zero-order valence-corrected chi connectivity index (χ0v) is 12.3. The molecule has 3 heteroatoms. The summed E-state index contributed by atoms with van der Waals surface area (Å²) in [6, 6.07) is 4.95. The Morgan fingerprint density at radius 2 is 2.18 bits per heavy atom. The molecule has 1 rings (SSSR count). The summed E-state index contributed by atoms with van der Waals surface area (Å²) in [5.41, 5.74) is 0. The summed E-state index contributed by atoms with van der Waals surface area (Å²) in [6.45, 7) is 8.62. The van der Waals surface area contributed by atoms with Crippen LogP contribution in [0, 0.1) is 12.8 Å². The molecule has 1 aromatic heterocycles. The van der Waals surface area contributed by atoms with Gasteiger partial charge in [-0.15, -0.1) is 11.3 Å². The number of rotatable bonds is 8. The molecule has 0 bridgehead atoms. The molecule has 0 saturated heterocycles. The second-order valence-electron chi connectivity index (χ2n) is 4.64. The molecule has 0 aliphatic carbocycles. The van der Waals surface area contributed by atoms with Crippen LogP contribution < -0.4 is 5.32 Å². The van der Waals surface area contributed by atoms with Gasteiger partial charge in [-0.25, -0.2) is 0 Å². The summed E-state index contributed by atoms with van der Waals surface area (Å²) < 4.78 is 5.18. The molecule has 0 spiro atoms. The first-order valence-electron chi connectivity index (χ1n) is 6.47. The maximum absolute atomic E-state index is 5.18. The minimum absolute atomic E-state index is 0.476. The highest BCUT2D eigenvalue weighted by atomic mass is 32.1. The highest BCUT2D eigenvalue weighted by Crippen LogP contribution is 2.30. The molecule has 0 aliphatic heterocycles. The van der Waals surface area contributed by atoms with Gasteiger partial charge < -0.3 is 10.1 Å². The summed E-state index contributed by atoms with van der Waals surface area (Å²) in [5.74, 6) is 0.611. The number of nitrogens with one attached hydrogen (secondary N) is 1. The number of methoxy groups -OCH3 is 1. The van der Waals surface area contributed by atoms with Gasteiger partial charge in [0.25, 0.3) is 0 Å². The van der Waals surface area contributed by atoms with Gasteiger partial charge in [-0.2, -0.15) is 0 Å². The van der Waals surface area contributed by atoms with Gasteiger partial charge >= 0.3 is 0 Å². The van der Waals surface area contributed by atoms with Gasteiger partial charge in [0.15, 0.2) is 0 Å². The van der Waals surface area contributed by atoms with Crippen molar-refractivity contribution in [1.29, 1.82) is 0 Å². The maximum Gasteiger partial charge on any atom is 0.0465 e. The SMILES string of the molecule is CCCNC(c1ccc(C)s1)C(C)CCOC. The zero-order valence-electron chi connectivity index (χ0n) is 11.5. The van der Waals surface area contributed by atoms with Gasteiger partial charge in [0, 0.05) is 29.5 Å². The van der Waals surface area contributed by atoms with Crippen molar-refractivity contribution in [3.05, 3.63) is 21.9 Å². The van der Waals surface area contributed by atoms with Gasteiger partial charge in [-0.3, -0.25) is 0 Å². The van der Waals surface area contributed by atoms with Crippen LogP contribution in [0.2, 0.25) is 0 Å². The van der Waals surface area contributed by atoms with Crippen LogP contribution in [0.3, 0.4) is 0 Å². The fraction of sp³-hybridized carbons (Fsp3) is 0.714. The fourth-order valence-corrected chi connectivity index (χ4v) is 3.06. The normalized spacial score (nSPS) is 14.8. The molecular weight excluding hydrogens is 230 g/mol. The van der Waals surface area contributed by atoms with E-state index < -0.39 is 0 Å². The van der Waals surface area contributed by atoms with E-state index in [4.69, 9.17) is 4.74 Å². The molecule has 0 aliphatic rings. The third kappa shape index (κ3) is 4.78. The summed E-state index contributed by atoms with van der Waals surface area (Å²) in [5, 5.41) is 3.66. The van der Waals surface area contributed by atoms with Crippen LogP contribution in [0.5, 0.6) is 0 Å². The van der Waals surface area contributed by atoms with Crippen LogP contribution in [0.1, 0.15) is 42.5 Å². The Bertz CT molecular complexity index is 311. The number of hydrogen-bond acceptors (Lipinski definition) is 3. The first kappa shape index (κ1) is 14.7. The first-order valence-corrected chi connectivity index (χ1v) is 7.29. The smallest absolute Gasteiger partial charge is 0.0465 e. The highest BCUT2D eigenvalue weighted by Gasteiger charge is 2.19. The molecule has 0 aromatic carbocycles. The topological polar surface area (TPSA) is 21.3 Å². The van der Waals surface area contributed by atoms with Crippen molar-refractivity contribution < 1.29 is 4.74 Å². The van der Waals surface area contributed by atoms with Crippen LogP contribution in [0.25, 0.3) is 0 Å². The highest BCUT2D eigenvalue weighted by molar-refractivity contribution is 7.12. The van der Waals surface area contributed by atoms with Crippen LogP contribution >= 0.6 is 11.3 Å². The van der Waals surface area contributed by atoms with Crippen molar-refractivity contribution in [3.63, 3.8) is 0 Å². The lowest BCUT2D eigenvalue weighted by Gasteiger charge is -2.24. The van der Waals surface area contributed by atoms with E-state index in [1.54, 1.807) is 7.11 Å². The Morgan fingerprint density at radius 3 is 2.71 bits per heavy atom. The molecule has 0 saturated carbocycles. The zero-order chi connectivity index (χ0) is 12.7. The first-order chi connectivity index (χ1) is 8.19. The van der Waals surface area contributed by atoms with Crippen LogP contribution in [-0.4, -0.2) is 20.3 Å². The molecule has 17 heavy (non-hydrogen) atoms. The molecule has 2 nitrogen and oxygen atoms in total. The lowest BCUT2D eigenvalue weighted by Crippen LogP contribution is -2.27. The summed E-state index contributed by atoms with van der Waals surface area (Å²) in [7, 11) is 1.77. The molecule has 1 aromatic rings. The average Bonchev–Trinajstić information content (AvgIpc) is 2.73. The minimum atomic E-state index is 0.476. The minimum Gasteiger partial charge on any atom is -0.385 e. The molecule has 0 amide bonds. The second-order valence-corrected chi connectivity index (χ2v) is 5.96. The standard InChI is InChI=1S/C14H25NOS/c1-5-9-15-14(11(2)8-10-16-4)13-7-6-12(3)17-13/h6-7,11,14-15H,5,8-10H2,1-4H3. The largest absolute Gasteiger partial charge is 0.385 e. The molecule has 2 unspecified atom stereocenters. The van der Waals surface area contributed by atoms with Crippen LogP contribution in [0.15, 0.2) is 12.1 Å². The lowest BCUT2D eigenvalue weighted by atomic mass is 9.97. The molecular formula is C14H25NOS. The van der Waals surface area contributed by atoms with E-state index >= 15 is 0 Å². The van der Waals surface area contributed by atoms with E-state index in [1.165, 1.54) is 16.2 Å². The summed E-state index contributed by atoms with van der Waals surface area (Å²) in [4.78, 5) is 2.85. The third-order valence-corrected chi connectivity index (χ3v) is 4.11. The van der Waals surface area contributed by atoms with E-state index in [1.807, 2.05) is 11.3 Å². The molecule has 1 heterocycles. The average molecular weight is 255 g/mol. The maximum atomic E-state index is 5.18. The Balaban J connectivity index is 2.65. The number of ether oxygens (including phenoxy) is 1. The number of thiophene rings is 1. The molecule has 1 N–H and O–H groups in total. The Kier molecular flexibility index (Phi) is 6.78. The number of hydrogen-bond donors (Lipinski definition) is 1. The Hall–Kier alpha value is -0.380. The Morgan fingerprint density at radius 1 is 1.41 bits per heavy atom. The van der Waals surface area contributed by atoms with Crippen molar-refractivity contribution >= 4 is 11.3 Å². The van der Waals surface area contributed by atoms with E-state index in [9.17, 15) is 0 Å². The van der Waals surface area contributed by atoms with Gasteiger partial charge in [-0.05, 0) is 44.4 Å². The van der Waals surface area contributed by atoms with E-state index in [0.29, 0.717) is 12.0 Å². The quantitative estimate of drug-likeness (QED) is 0.763. The second kappa shape index (κ2) is 7.85. The van der Waals surface area contributed by atoms with Crippen molar-refractivity contribution in [3.8, 4) is 0 Å². The molecule has 2 atom stereocenters. The molecule has 0 fully saturated rings. The predicted molar refractivity (Wildman–Crippen MR) is 75.7 cm³/mol.